The highest BCUT2D eigenvalue weighted by Gasteiger charge is 2.51. The van der Waals surface area contributed by atoms with Gasteiger partial charge in [0.25, 0.3) is 5.91 Å². The Labute approximate surface area is 163 Å². The fourth-order valence-corrected chi connectivity index (χ4v) is 4.77. The van der Waals surface area contributed by atoms with Crippen molar-refractivity contribution >= 4 is 28.3 Å². The Hall–Kier alpha value is -3.21. The summed E-state index contributed by atoms with van der Waals surface area (Å²) >= 11 is 0. The Balaban J connectivity index is 1.44. The topological polar surface area (TPSA) is 53.5 Å². The lowest BCUT2D eigenvalue weighted by atomic mass is 9.73. The number of fused-ring (bicyclic) bond motifs is 3. The number of carbonyl (C=O) groups is 2. The molecule has 0 unspecified atom stereocenters. The number of para-hydroxylation sites is 1. The largest absolute Gasteiger partial charge is 0.339 e. The second kappa shape index (κ2) is 6.16. The van der Waals surface area contributed by atoms with Crippen LogP contribution in [0.1, 0.15) is 28.8 Å². The Morgan fingerprint density at radius 2 is 1.82 bits per heavy atom. The van der Waals surface area contributed by atoms with Crippen molar-refractivity contribution in [3.8, 4) is 0 Å². The van der Waals surface area contributed by atoms with Crippen molar-refractivity contribution in [1.82, 2.24) is 9.88 Å². The fraction of sp³-hybridized carbons (Fsp3) is 0.261. The molecular weight excluding hydrogens is 350 g/mol. The number of aromatic nitrogens is 1. The molecule has 2 aromatic carbocycles. The highest BCUT2D eigenvalue weighted by Crippen LogP contribution is 2.47. The third-order valence-corrected chi connectivity index (χ3v) is 6.31. The molecular formula is C23H21N3O2. The van der Waals surface area contributed by atoms with E-state index in [1.54, 1.807) is 17.3 Å². The lowest BCUT2D eigenvalue weighted by Crippen LogP contribution is -2.49. The first-order valence-electron chi connectivity index (χ1n) is 9.61. The molecule has 3 heterocycles. The third-order valence-electron chi connectivity index (χ3n) is 6.31. The van der Waals surface area contributed by atoms with Crippen LogP contribution in [0, 0.1) is 0 Å². The van der Waals surface area contributed by atoms with Crippen molar-refractivity contribution in [1.29, 1.82) is 0 Å². The Morgan fingerprint density at radius 1 is 1.04 bits per heavy atom. The molecule has 1 spiro atoms. The van der Waals surface area contributed by atoms with E-state index in [0.717, 1.165) is 22.0 Å². The van der Waals surface area contributed by atoms with Crippen molar-refractivity contribution in [3.63, 3.8) is 0 Å². The zero-order chi connectivity index (χ0) is 19.3. The number of pyridine rings is 1. The maximum absolute atomic E-state index is 13.2. The van der Waals surface area contributed by atoms with E-state index in [2.05, 4.69) is 11.1 Å². The number of amides is 2. The molecule has 0 atom stereocenters. The molecule has 1 aromatic heterocycles. The molecule has 5 nitrogen and oxygen atoms in total. The zero-order valence-electron chi connectivity index (χ0n) is 15.8. The fourth-order valence-electron chi connectivity index (χ4n) is 4.77. The van der Waals surface area contributed by atoms with Gasteiger partial charge in [0.2, 0.25) is 5.91 Å². The molecule has 0 radical (unpaired) electrons. The van der Waals surface area contributed by atoms with Crippen LogP contribution in [0.4, 0.5) is 5.69 Å². The Bertz CT molecular complexity index is 1090. The average Bonchev–Trinajstić information content (AvgIpc) is 2.96. The quantitative estimate of drug-likeness (QED) is 0.659. The van der Waals surface area contributed by atoms with E-state index in [4.69, 9.17) is 0 Å². The molecule has 5 rings (SSSR count). The molecule has 1 saturated heterocycles. The van der Waals surface area contributed by atoms with Crippen molar-refractivity contribution in [3.05, 3.63) is 72.1 Å². The number of piperidine rings is 1. The van der Waals surface area contributed by atoms with Crippen molar-refractivity contribution < 1.29 is 9.59 Å². The van der Waals surface area contributed by atoms with Gasteiger partial charge in [-0.15, -0.1) is 0 Å². The van der Waals surface area contributed by atoms with Gasteiger partial charge in [-0.3, -0.25) is 14.6 Å². The number of anilines is 1. The number of rotatable bonds is 1. The highest BCUT2D eigenvalue weighted by molar-refractivity contribution is 6.09. The smallest absolute Gasteiger partial charge is 0.254 e. The molecule has 0 saturated carbocycles. The van der Waals surface area contributed by atoms with Crippen molar-refractivity contribution in [2.24, 2.45) is 0 Å². The number of hydrogen-bond acceptors (Lipinski definition) is 3. The first-order valence-corrected chi connectivity index (χ1v) is 9.61. The van der Waals surface area contributed by atoms with Crippen LogP contribution in [-0.4, -0.2) is 41.8 Å². The van der Waals surface area contributed by atoms with E-state index in [1.165, 1.54) is 0 Å². The molecule has 28 heavy (non-hydrogen) atoms. The number of likely N-dealkylation sites (tertiary alicyclic amines) is 1. The number of nitrogens with zero attached hydrogens (tertiary/aromatic N) is 3. The summed E-state index contributed by atoms with van der Waals surface area (Å²) < 4.78 is 0. The normalized spacial score (nSPS) is 18.0. The Morgan fingerprint density at radius 3 is 2.64 bits per heavy atom. The van der Waals surface area contributed by atoms with Gasteiger partial charge in [0.05, 0.1) is 5.41 Å². The standard InChI is InChI=1S/C23H21N3O2/c1-25-20-8-3-2-7-19(20)23(22(25)28)10-13-26(14-11-23)21(27)18-6-4-5-16-15-24-12-9-17(16)18/h2-9,12,15H,10-11,13-14H2,1H3. The molecule has 140 valence electrons. The summed E-state index contributed by atoms with van der Waals surface area (Å²) in [4.78, 5) is 34.1. The molecule has 5 heteroatoms. The monoisotopic (exact) mass is 371 g/mol. The molecule has 3 aromatic rings. The van der Waals surface area contributed by atoms with E-state index >= 15 is 0 Å². The molecule has 0 N–H and O–H groups in total. The first kappa shape index (κ1) is 16.9. The van der Waals surface area contributed by atoms with Gasteiger partial charge in [0.1, 0.15) is 0 Å². The number of hydrogen-bond donors (Lipinski definition) is 0. The molecule has 2 amide bonds. The molecule has 2 aliphatic heterocycles. The second-order valence-electron chi connectivity index (χ2n) is 7.66. The van der Waals surface area contributed by atoms with Gasteiger partial charge >= 0.3 is 0 Å². The maximum Gasteiger partial charge on any atom is 0.254 e. The molecule has 2 aliphatic rings. The zero-order valence-corrected chi connectivity index (χ0v) is 15.8. The van der Waals surface area contributed by atoms with Gasteiger partial charge in [-0.2, -0.15) is 0 Å². The number of likely N-dealkylation sites (N-methyl/N-ethyl adjacent to an activating group) is 1. The summed E-state index contributed by atoms with van der Waals surface area (Å²) in [5.41, 5.74) is 2.30. The van der Waals surface area contributed by atoms with Crippen molar-refractivity contribution in [2.75, 3.05) is 25.0 Å². The second-order valence-corrected chi connectivity index (χ2v) is 7.66. The Kier molecular flexibility index (Phi) is 3.72. The molecule has 1 fully saturated rings. The lowest BCUT2D eigenvalue weighted by molar-refractivity contribution is -0.124. The van der Waals surface area contributed by atoms with Crippen LogP contribution in [0.15, 0.2) is 60.9 Å². The summed E-state index contributed by atoms with van der Waals surface area (Å²) in [6, 6.07) is 15.7. The number of benzene rings is 2. The summed E-state index contributed by atoms with van der Waals surface area (Å²) in [7, 11) is 1.84. The predicted octanol–water partition coefficient (Wildman–Crippen LogP) is 3.39. The van der Waals surface area contributed by atoms with E-state index in [0.29, 0.717) is 31.5 Å². The minimum Gasteiger partial charge on any atom is -0.339 e. The van der Waals surface area contributed by atoms with Crippen LogP contribution in [-0.2, 0) is 10.2 Å². The van der Waals surface area contributed by atoms with Crippen LogP contribution >= 0.6 is 0 Å². The van der Waals surface area contributed by atoms with Crippen LogP contribution in [0.3, 0.4) is 0 Å². The summed E-state index contributed by atoms with van der Waals surface area (Å²) in [6.45, 7) is 1.16. The third kappa shape index (κ3) is 2.29. The van der Waals surface area contributed by atoms with Gasteiger partial charge in [0.15, 0.2) is 0 Å². The van der Waals surface area contributed by atoms with Crippen molar-refractivity contribution in [2.45, 2.75) is 18.3 Å². The molecule has 0 aliphatic carbocycles. The minimum absolute atomic E-state index is 0.0266. The van der Waals surface area contributed by atoms with Crippen LogP contribution < -0.4 is 4.90 Å². The van der Waals surface area contributed by atoms with E-state index in [9.17, 15) is 9.59 Å². The minimum atomic E-state index is -0.495. The highest BCUT2D eigenvalue weighted by atomic mass is 16.2. The SMILES string of the molecule is CN1C(=O)C2(CCN(C(=O)c3cccc4cnccc34)CC2)c2ccccc21. The summed E-state index contributed by atoms with van der Waals surface area (Å²) in [5, 5.41) is 1.88. The average molecular weight is 371 g/mol. The predicted molar refractivity (Wildman–Crippen MR) is 108 cm³/mol. The van der Waals surface area contributed by atoms with Crippen LogP contribution in [0.25, 0.3) is 10.8 Å². The van der Waals surface area contributed by atoms with E-state index in [-0.39, 0.29) is 11.8 Å². The van der Waals surface area contributed by atoms with Gasteiger partial charge in [-0.05, 0) is 42.0 Å². The molecule has 0 bridgehead atoms. The van der Waals surface area contributed by atoms with Crippen LogP contribution in [0.2, 0.25) is 0 Å². The number of carbonyl (C=O) groups excluding carboxylic acids is 2. The van der Waals surface area contributed by atoms with E-state index < -0.39 is 5.41 Å². The van der Waals surface area contributed by atoms with Gasteiger partial charge < -0.3 is 9.80 Å². The van der Waals surface area contributed by atoms with Gasteiger partial charge in [-0.1, -0.05) is 30.3 Å². The van der Waals surface area contributed by atoms with Gasteiger partial charge in [-0.25, -0.2) is 0 Å². The lowest BCUT2D eigenvalue weighted by Gasteiger charge is -2.38. The summed E-state index contributed by atoms with van der Waals surface area (Å²) in [6.07, 6.45) is 4.81. The van der Waals surface area contributed by atoms with Gasteiger partial charge in [0, 0.05) is 49.2 Å². The van der Waals surface area contributed by atoms with E-state index in [1.807, 2.05) is 54.4 Å². The maximum atomic E-state index is 13.2. The van der Waals surface area contributed by atoms with Crippen LogP contribution in [0.5, 0.6) is 0 Å². The summed E-state index contributed by atoms with van der Waals surface area (Å²) in [5.74, 6) is 0.177. The first-order chi connectivity index (χ1) is 13.6.